The van der Waals surface area contributed by atoms with Gasteiger partial charge in [0.15, 0.2) is 0 Å². The predicted octanol–water partition coefficient (Wildman–Crippen LogP) is 3.67. The highest BCUT2D eigenvalue weighted by Crippen LogP contribution is 2.38. The van der Waals surface area contributed by atoms with Gasteiger partial charge >= 0.3 is 0 Å². The maximum atomic E-state index is 12.2. The van der Waals surface area contributed by atoms with Gasteiger partial charge in [-0.3, -0.25) is 4.79 Å². The van der Waals surface area contributed by atoms with Gasteiger partial charge in [0.1, 0.15) is 4.88 Å². The van der Waals surface area contributed by atoms with Crippen LogP contribution in [0.3, 0.4) is 0 Å². The van der Waals surface area contributed by atoms with E-state index in [-0.39, 0.29) is 5.91 Å². The number of hydrogen-bond donors (Lipinski definition) is 2. The molecule has 5 heteroatoms. The van der Waals surface area contributed by atoms with E-state index in [1.54, 1.807) is 6.07 Å². The molecule has 1 aliphatic rings. The molecule has 0 aliphatic heterocycles. The van der Waals surface area contributed by atoms with Crippen molar-refractivity contribution in [1.82, 2.24) is 5.32 Å². The van der Waals surface area contributed by atoms with Crippen molar-refractivity contribution in [3.63, 3.8) is 0 Å². The minimum Gasteiger partial charge on any atom is -0.397 e. The summed E-state index contributed by atoms with van der Waals surface area (Å²) in [6.07, 6.45) is 2.11. The average Bonchev–Trinajstić information content (AvgIpc) is 2.66. The highest BCUT2D eigenvalue weighted by Gasteiger charge is 2.28. The fraction of sp³-hybridized carbons (Fsp3) is 0.357. The molecule has 19 heavy (non-hydrogen) atoms. The summed E-state index contributed by atoms with van der Waals surface area (Å²) < 4.78 is 0.956. The minimum absolute atomic E-state index is 0.0772. The van der Waals surface area contributed by atoms with E-state index in [2.05, 4.69) is 12.2 Å². The van der Waals surface area contributed by atoms with Crippen LogP contribution in [0.1, 0.15) is 29.4 Å². The van der Waals surface area contributed by atoms with Crippen LogP contribution >= 0.6 is 22.9 Å². The SMILES string of the molecule is CC1CC(NC(=O)c2sc3cccc(Cl)c3c2N)C1. The van der Waals surface area contributed by atoms with E-state index in [9.17, 15) is 4.79 Å². The first-order valence-electron chi connectivity index (χ1n) is 6.33. The largest absolute Gasteiger partial charge is 0.397 e. The zero-order chi connectivity index (χ0) is 13.6. The Hall–Kier alpha value is -1.26. The van der Waals surface area contributed by atoms with Crippen LogP contribution in [0.2, 0.25) is 5.02 Å². The molecule has 0 atom stereocenters. The van der Waals surface area contributed by atoms with Crippen molar-refractivity contribution in [2.24, 2.45) is 5.92 Å². The molecule has 1 amide bonds. The van der Waals surface area contributed by atoms with Gasteiger partial charge in [0.2, 0.25) is 0 Å². The molecule has 3 rings (SSSR count). The van der Waals surface area contributed by atoms with Crippen molar-refractivity contribution in [2.75, 3.05) is 5.73 Å². The Morgan fingerprint density at radius 2 is 2.21 bits per heavy atom. The topological polar surface area (TPSA) is 55.1 Å². The molecule has 1 aromatic heterocycles. The number of halogens is 1. The number of rotatable bonds is 2. The van der Waals surface area contributed by atoms with Crippen molar-refractivity contribution in [3.05, 3.63) is 28.1 Å². The average molecular weight is 295 g/mol. The number of anilines is 1. The van der Waals surface area contributed by atoms with E-state index in [4.69, 9.17) is 17.3 Å². The second-order valence-corrected chi connectivity index (χ2v) is 6.66. The molecule has 1 saturated carbocycles. The number of fused-ring (bicyclic) bond motifs is 1. The van der Waals surface area contributed by atoms with Crippen molar-refractivity contribution in [3.8, 4) is 0 Å². The van der Waals surface area contributed by atoms with Crippen LogP contribution in [0.4, 0.5) is 5.69 Å². The summed E-state index contributed by atoms with van der Waals surface area (Å²) in [6.45, 7) is 2.19. The quantitative estimate of drug-likeness (QED) is 0.888. The third kappa shape index (κ3) is 2.19. The molecule has 3 N–H and O–H groups in total. The Morgan fingerprint density at radius 1 is 1.47 bits per heavy atom. The number of nitrogens with two attached hydrogens (primary N) is 1. The molecule has 100 valence electrons. The first-order chi connectivity index (χ1) is 9.06. The molecular weight excluding hydrogens is 280 g/mol. The van der Waals surface area contributed by atoms with E-state index in [0.29, 0.717) is 27.5 Å². The molecular formula is C14H15ClN2OS. The molecule has 1 aliphatic carbocycles. The van der Waals surface area contributed by atoms with Gasteiger partial charge in [-0.25, -0.2) is 0 Å². The van der Waals surface area contributed by atoms with Gasteiger partial charge in [-0.15, -0.1) is 11.3 Å². The Bertz CT molecular complexity index is 646. The summed E-state index contributed by atoms with van der Waals surface area (Å²) in [5, 5.41) is 4.43. The number of thiophene rings is 1. The van der Waals surface area contributed by atoms with E-state index >= 15 is 0 Å². The van der Waals surface area contributed by atoms with Crippen LogP contribution < -0.4 is 11.1 Å². The molecule has 2 aromatic rings. The van der Waals surface area contributed by atoms with E-state index in [1.165, 1.54) is 11.3 Å². The van der Waals surface area contributed by atoms with Crippen LogP contribution in [0, 0.1) is 5.92 Å². The molecule has 0 bridgehead atoms. The van der Waals surface area contributed by atoms with Gasteiger partial charge < -0.3 is 11.1 Å². The molecule has 0 radical (unpaired) electrons. The summed E-state index contributed by atoms with van der Waals surface area (Å²) >= 11 is 7.54. The van der Waals surface area contributed by atoms with Gasteiger partial charge in [-0.05, 0) is 30.9 Å². The van der Waals surface area contributed by atoms with Crippen molar-refractivity contribution in [1.29, 1.82) is 0 Å². The fourth-order valence-electron chi connectivity index (χ4n) is 2.57. The lowest BCUT2D eigenvalue weighted by Gasteiger charge is -2.33. The van der Waals surface area contributed by atoms with E-state index < -0.39 is 0 Å². The second kappa shape index (κ2) is 4.69. The summed E-state index contributed by atoms with van der Waals surface area (Å²) in [5.41, 5.74) is 6.56. The number of carbonyl (C=O) groups is 1. The molecule has 1 fully saturated rings. The Labute approximate surface area is 120 Å². The second-order valence-electron chi connectivity index (χ2n) is 5.20. The predicted molar refractivity (Wildman–Crippen MR) is 80.9 cm³/mol. The maximum Gasteiger partial charge on any atom is 0.263 e. The number of hydrogen-bond acceptors (Lipinski definition) is 3. The zero-order valence-corrected chi connectivity index (χ0v) is 12.1. The van der Waals surface area contributed by atoms with Crippen LogP contribution in [0.15, 0.2) is 18.2 Å². The molecule has 0 unspecified atom stereocenters. The van der Waals surface area contributed by atoms with Gasteiger partial charge in [-0.1, -0.05) is 24.6 Å². The Balaban J connectivity index is 1.90. The lowest BCUT2D eigenvalue weighted by molar-refractivity contribution is 0.0901. The monoisotopic (exact) mass is 294 g/mol. The first kappa shape index (κ1) is 12.8. The third-order valence-electron chi connectivity index (χ3n) is 3.62. The van der Waals surface area contributed by atoms with Crippen LogP contribution in [0.25, 0.3) is 10.1 Å². The van der Waals surface area contributed by atoms with E-state index in [1.807, 2.05) is 12.1 Å². The number of nitrogens with one attached hydrogen (secondary N) is 1. The number of amides is 1. The molecule has 1 aromatic carbocycles. The highest BCUT2D eigenvalue weighted by atomic mass is 35.5. The van der Waals surface area contributed by atoms with Crippen LogP contribution in [-0.2, 0) is 0 Å². The molecule has 1 heterocycles. The first-order valence-corrected chi connectivity index (χ1v) is 7.53. The molecule has 0 spiro atoms. The summed E-state index contributed by atoms with van der Waals surface area (Å²) in [5.74, 6) is 0.631. The van der Waals surface area contributed by atoms with Crippen molar-refractivity contribution >= 4 is 44.6 Å². The van der Waals surface area contributed by atoms with Gasteiger partial charge in [0, 0.05) is 16.1 Å². The van der Waals surface area contributed by atoms with Gasteiger partial charge in [0.05, 0.1) is 10.7 Å². The Kier molecular flexibility index (Phi) is 3.15. The van der Waals surface area contributed by atoms with Gasteiger partial charge in [-0.2, -0.15) is 0 Å². The lowest BCUT2D eigenvalue weighted by Crippen LogP contribution is -2.43. The van der Waals surface area contributed by atoms with Crippen LogP contribution in [-0.4, -0.2) is 11.9 Å². The fourth-order valence-corrected chi connectivity index (χ4v) is 3.95. The lowest BCUT2D eigenvalue weighted by atomic mass is 9.82. The highest BCUT2D eigenvalue weighted by molar-refractivity contribution is 7.21. The summed E-state index contributed by atoms with van der Waals surface area (Å²) in [4.78, 5) is 12.8. The molecule has 0 saturated heterocycles. The van der Waals surface area contributed by atoms with Crippen molar-refractivity contribution < 1.29 is 4.79 Å². The van der Waals surface area contributed by atoms with Crippen LogP contribution in [0.5, 0.6) is 0 Å². The number of benzene rings is 1. The summed E-state index contributed by atoms with van der Waals surface area (Å²) in [6, 6.07) is 5.89. The molecule has 3 nitrogen and oxygen atoms in total. The standard InChI is InChI=1S/C14H15ClN2OS/c1-7-5-8(6-7)17-14(18)13-12(16)11-9(15)3-2-4-10(11)19-13/h2-4,7-8H,5-6,16H2,1H3,(H,17,18). The normalized spacial score (nSPS) is 22.2. The third-order valence-corrected chi connectivity index (χ3v) is 5.10. The van der Waals surface area contributed by atoms with Gasteiger partial charge in [0.25, 0.3) is 5.91 Å². The number of carbonyl (C=O) groups excluding carboxylic acids is 1. The van der Waals surface area contributed by atoms with Crippen molar-refractivity contribution in [2.45, 2.75) is 25.8 Å². The minimum atomic E-state index is -0.0772. The maximum absolute atomic E-state index is 12.2. The summed E-state index contributed by atoms with van der Waals surface area (Å²) in [7, 11) is 0. The zero-order valence-electron chi connectivity index (χ0n) is 10.6. The smallest absolute Gasteiger partial charge is 0.263 e. The number of nitrogen functional groups attached to an aromatic ring is 1. The van der Waals surface area contributed by atoms with E-state index in [0.717, 1.165) is 22.9 Å². The Morgan fingerprint density at radius 3 is 2.84 bits per heavy atom.